The van der Waals surface area contributed by atoms with Crippen molar-refractivity contribution >= 4 is 39.8 Å². The van der Waals surface area contributed by atoms with E-state index in [1.54, 1.807) is 20.8 Å². The molecule has 0 spiro atoms. The minimum Gasteiger partial charge on any atom is -0.459 e. The minimum atomic E-state index is -0.864. The first-order valence-electron chi connectivity index (χ1n) is 8.70. The number of rotatable bonds is 8. The molecule has 2 aromatic rings. The number of nitro groups is 1. The Kier molecular flexibility index (Phi) is 6.69. The van der Waals surface area contributed by atoms with Gasteiger partial charge < -0.3 is 15.8 Å². The molecule has 0 aromatic carbocycles. The molecule has 1 atom stereocenters. The monoisotopic (exact) mass is 423 g/mol. The standard InChI is InChI=1S/C17H21N5O6S/c1-5-11(21-7-10(6-19-21)22(26)27)15(24)20-16-12(17(25)28-8(2)3)9(4)13(29-16)14(18)23/h6-8,11H,5H2,1-4H3,(H2,18,23)(H,20,24). The third-order valence-electron chi connectivity index (χ3n) is 3.96. The number of anilines is 1. The fraction of sp³-hybridized carbons (Fsp3) is 0.412. The van der Waals surface area contributed by atoms with Crippen molar-refractivity contribution in [3.05, 3.63) is 38.5 Å². The van der Waals surface area contributed by atoms with Gasteiger partial charge in [0.05, 0.1) is 21.5 Å². The van der Waals surface area contributed by atoms with Crippen LogP contribution < -0.4 is 11.1 Å². The largest absolute Gasteiger partial charge is 0.459 e. The lowest BCUT2D eigenvalue weighted by atomic mass is 10.1. The molecule has 2 heterocycles. The topological polar surface area (TPSA) is 159 Å². The minimum absolute atomic E-state index is 0.0483. The van der Waals surface area contributed by atoms with E-state index in [1.165, 1.54) is 11.6 Å². The van der Waals surface area contributed by atoms with Gasteiger partial charge in [0.15, 0.2) is 0 Å². The van der Waals surface area contributed by atoms with Crippen LogP contribution in [0.4, 0.5) is 10.7 Å². The van der Waals surface area contributed by atoms with Crippen LogP contribution in [0.2, 0.25) is 0 Å². The Morgan fingerprint density at radius 3 is 2.55 bits per heavy atom. The molecule has 0 aliphatic rings. The molecule has 0 saturated carbocycles. The van der Waals surface area contributed by atoms with Crippen LogP contribution in [0.1, 0.15) is 58.8 Å². The number of ether oxygens (including phenoxy) is 1. The summed E-state index contributed by atoms with van der Waals surface area (Å²) in [7, 11) is 0. The van der Waals surface area contributed by atoms with E-state index in [0.717, 1.165) is 23.7 Å². The Morgan fingerprint density at radius 1 is 1.41 bits per heavy atom. The molecule has 29 heavy (non-hydrogen) atoms. The average molecular weight is 423 g/mol. The van der Waals surface area contributed by atoms with Gasteiger partial charge in [-0.25, -0.2) is 4.79 Å². The summed E-state index contributed by atoms with van der Waals surface area (Å²) in [5.41, 5.74) is 5.48. The number of primary amides is 1. The first kappa shape index (κ1) is 22.0. The quantitative estimate of drug-likeness (QED) is 0.374. The third kappa shape index (κ3) is 4.77. The van der Waals surface area contributed by atoms with Crippen LogP contribution in [0.5, 0.6) is 0 Å². The summed E-state index contributed by atoms with van der Waals surface area (Å²) in [6, 6.07) is -0.864. The lowest BCUT2D eigenvalue weighted by Crippen LogP contribution is -2.26. The van der Waals surface area contributed by atoms with Crippen molar-refractivity contribution in [2.45, 2.75) is 46.3 Å². The highest BCUT2D eigenvalue weighted by Gasteiger charge is 2.29. The van der Waals surface area contributed by atoms with E-state index >= 15 is 0 Å². The fourth-order valence-corrected chi connectivity index (χ4v) is 3.69. The SMILES string of the molecule is CCC(C(=O)Nc1sc(C(N)=O)c(C)c1C(=O)OC(C)C)n1cc([N+](=O)[O-])cn1. The second-order valence-corrected chi connectivity index (χ2v) is 7.45. The number of amides is 2. The van der Waals surface area contributed by atoms with Crippen LogP contribution >= 0.6 is 11.3 Å². The molecule has 0 radical (unpaired) electrons. The number of esters is 1. The van der Waals surface area contributed by atoms with Crippen LogP contribution in [0.15, 0.2) is 12.4 Å². The van der Waals surface area contributed by atoms with E-state index in [9.17, 15) is 24.5 Å². The van der Waals surface area contributed by atoms with Crippen LogP contribution in [0, 0.1) is 17.0 Å². The lowest BCUT2D eigenvalue weighted by Gasteiger charge is -2.15. The second-order valence-electron chi connectivity index (χ2n) is 6.43. The Hall–Kier alpha value is -3.28. The molecule has 2 rings (SSSR count). The normalized spacial score (nSPS) is 11.9. The Bertz CT molecular complexity index is 964. The fourth-order valence-electron chi connectivity index (χ4n) is 2.64. The molecule has 0 saturated heterocycles. The molecule has 2 aromatic heterocycles. The molecular weight excluding hydrogens is 402 g/mol. The summed E-state index contributed by atoms with van der Waals surface area (Å²) < 4.78 is 6.38. The van der Waals surface area contributed by atoms with Gasteiger partial charge in [0.1, 0.15) is 23.4 Å². The summed E-state index contributed by atoms with van der Waals surface area (Å²) >= 11 is 0.866. The van der Waals surface area contributed by atoms with Crippen molar-refractivity contribution in [1.82, 2.24) is 9.78 Å². The van der Waals surface area contributed by atoms with E-state index in [4.69, 9.17) is 10.5 Å². The van der Waals surface area contributed by atoms with Crippen molar-refractivity contribution < 1.29 is 24.0 Å². The maximum atomic E-state index is 12.8. The number of nitrogens with zero attached hydrogens (tertiary/aromatic N) is 3. The summed E-state index contributed by atoms with van der Waals surface area (Å²) in [6.45, 7) is 6.59. The molecule has 1 unspecified atom stereocenters. The molecule has 2 amide bonds. The highest BCUT2D eigenvalue weighted by molar-refractivity contribution is 7.18. The van der Waals surface area contributed by atoms with E-state index < -0.39 is 34.9 Å². The number of thiophene rings is 1. The highest BCUT2D eigenvalue weighted by Crippen LogP contribution is 2.34. The van der Waals surface area contributed by atoms with Gasteiger partial charge in [0, 0.05) is 0 Å². The Balaban J connectivity index is 2.38. The van der Waals surface area contributed by atoms with Crippen molar-refractivity contribution in [3.8, 4) is 0 Å². The lowest BCUT2D eigenvalue weighted by molar-refractivity contribution is -0.385. The molecule has 0 aliphatic carbocycles. The number of nitrogens with one attached hydrogen (secondary N) is 1. The summed E-state index contributed by atoms with van der Waals surface area (Å²) in [5.74, 6) is -1.98. The number of carbonyl (C=O) groups excluding carboxylic acids is 3. The number of aromatic nitrogens is 2. The summed E-state index contributed by atoms with van der Waals surface area (Å²) in [4.78, 5) is 47.3. The predicted octanol–water partition coefficient (Wildman–Crippen LogP) is 2.42. The Labute approximate surface area is 170 Å². The number of hydrogen-bond donors (Lipinski definition) is 2. The van der Waals surface area contributed by atoms with Crippen molar-refractivity contribution in [3.63, 3.8) is 0 Å². The average Bonchev–Trinajstić information content (AvgIpc) is 3.20. The summed E-state index contributed by atoms with van der Waals surface area (Å²) in [5, 5.41) is 17.5. The van der Waals surface area contributed by atoms with E-state index in [0.29, 0.717) is 5.56 Å². The van der Waals surface area contributed by atoms with Crippen LogP contribution in [0.25, 0.3) is 0 Å². The Morgan fingerprint density at radius 2 is 2.07 bits per heavy atom. The van der Waals surface area contributed by atoms with E-state index in [-0.39, 0.29) is 27.5 Å². The van der Waals surface area contributed by atoms with E-state index in [1.807, 2.05) is 0 Å². The van der Waals surface area contributed by atoms with Gasteiger partial charge in [-0.15, -0.1) is 11.3 Å². The first-order chi connectivity index (χ1) is 13.6. The molecule has 0 bridgehead atoms. The van der Waals surface area contributed by atoms with E-state index in [2.05, 4.69) is 10.4 Å². The zero-order valence-electron chi connectivity index (χ0n) is 16.3. The van der Waals surface area contributed by atoms with Crippen LogP contribution in [-0.2, 0) is 9.53 Å². The van der Waals surface area contributed by atoms with Gasteiger partial charge in [-0.1, -0.05) is 6.92 Å². The van der Waals surface area contributed by atoms with Gasteiger partial charge in [0.2, 0.25) is 5.91 Å². The number of hydrogen-bond acceptors (Lipinski definition) is 8. The van der Waals surface area contributed by atoms with Gasteiger partial charge in [-0.2, -0.15) is 5.10 Å². The molecule has 156 valence electrons. The third-order valence-corrected chi connectivity index (χ3v) is 5.18. The number of nitrogens with two attached hydrogens (primary N) is 1. The molecule has 12 heteroatoms. The smallest absolute Gasteiger partial charge is 0.341 e. The van der Waals surface area contributed by atoms with Crippen LogP contribution in [-0.4, -0.2) is 38.6 Å². The second kappa shape index (κ2) is 8.82. The molecule has 3 N–H and O–H groups in total. The maximum Gasteiger partial charge on any atom is 0.341 e. The van der Waals surface area contributed by atoms with Gasteiger partial charge in [0.25, 0.3) is 5.91 Å². The highest BCUT2D eigenvalue weighted by atomic mass is 32.1. The van der Waals surface area contributed by atoms with Gasteiger partial charge in [-0.3, -0.25) is 24.4 Å². The van der Waals surface area contributed by atoms with Crippen molar-refractivity contribution in [2.75, 3.05) is 5.32 Å². The summed E-state index contributed by atoms with van der Waals surface area (Å²) in [6.07, 6.45) is 2.07. The zero-order valence-corrected chi connectivity index (χ0v) is 17.1. The van der Waals surface area contributed by atoms with Crippen molar-refractivity contribution in [1.29, 1.82) is 0 Å². The first-order valence-corrected chi connectivity index (χ1v) is 9.52. The van der Waals surface area contributed by atoms with Gasteiger partial charge >= 0.3 is 11.7 Å². The van der Waals surface area contributed by atoms with Crippen LogP contribution in [0.3, 0.4) is 0 Å². The zero-order chi connectivity index (χ0) is 21.9. The molecule has 0 fully saturated rings. The molecular formula is C17H21N5O6S. The number of carbonyl (C=O) groups is 3. The van der Waals surface area contributed by atoms with Gasteiger partial charge in [-0.05, 0) is 32.8 Å². The molecule has 11 nitrogen and oxygen atoms in total. The molecule has 0 aliphatic heterocycles. The van der Waals surface area contributed by atoms with Crippen molar-refractivity contribution in [2.24, 2.45) is 5.73 Å². The maximum absolute atomic E-state index is 12.8. The predicted molar refractivity (Wildman–Crippen MR) is 105 cm³/mol.